The number of unbranched alkanes of at least 4 members (excludes halogenated alkanes) is 1. The Morgan fingerprint density at radius 2 is 1.62 bits per heavy atom. The van der Waals surface area contributed by atoms with E-state index in [2.05, 4.69) is 13.2 Å². The van der Waals surface area contributed by atoms with Crippen molar-refractivity contribution in [1.29, 1.82) is 0 Å². The van der Waals surface area contributed by atoms with E-state index in [0.717, 1.165) is 76.0 Å². The van der Waals surface area contributed by atoms with Crippen LogP contribution in [-0.2, 0) is 28.8 Å². The molecule has 226 valence electrons. The van der Waals surface area contributed by atoms with Gasteiger partial charge in [0.15, 0.2) is 0 Å². The molecule has 1 spiro atoms. The average molecular weight is 563 g/mol. The molecule has 0 aromatic rings. The molecule has 0 aromatic heterocycles. The molecule has 0 N–H and O–H groups in total. The molecule has 4 fully saturated rings. The van der Waals surface area contributed by atoms with Crippen molar-refractivity contribution in [2.75, 3.05) is 13.2 Å². The van der Waals surface area contributed by atoms with Gasteiger partial charge in [-0.3, -0.25) is 4.79 Å². The quantitative estimate of drug-likeness (QED) is 0.0575. The summed E-state index contributed by atoms with van der Waals surface area (Å²) in [6.07, 6.45) is 17.9. The number of hydrogen-bond acceptors (Lipinski definition) is 6. The first-order valence-electron chi connectivity index (χ1n) is 16.0. The summed E-state index contributed by atoms with van der Waals surface area (Å²) in [4.78, 5) is 35.0. The Balaban J connectivity index is 1.11. The predicted molar refractivity (Wildman–Crippen MR) is 152 cm³/mol. The molecule has 0 heterocycles. The highest BCUT2D eigenvalue weighted by atomic mass is 19.1. The summed E-state index contributed by atoms with van der Waals surface area (Å²) in [5.74, 6) is 1.65. The number of ether oxygens (including phenoxy) is 2. The number of esters is 2. The topological polar surface area (TPSA) is 71.1 Å². The normalized spacial score (nSPS) is 36.2. The minimum absolute atomic E-state index is 0.0827. The second kappa shape index (κ2) is 15.5. The minimum atomic E-state index is -1.14. The molecule has 4 unspecified atom stereocenters. The zero-order valence-corrected chi connectivity index (χ0v) is 24.4. The van der Waals surface area contributed by atoms with E-state index in [1.54, 1.807) is 6.08 Å². The minimum Gasteiger partial charge on any atom is -0.463 e. The largest absolute Gasteiger partial charge is 0.463 e. The highest BCUT2D eigenvalue weighted by molar-refractivity contribution is 5.81. The first-order valence-corrected chi connectivity index (χ1v) is 16.0. The molecule has 0 aromatic carbocycles. The number of halogens is 1. The fraction of sp³-hybridized carbons (Fsp3) is 0.818. The summed E-state index contributed by atoms with van der Waals surface area (Å²) in [7, 11) is 0. The van der Waals surface area contributed by atoms with Crippen LogP contribution in [0.3, 0.4) is 0 Å². The van der Waals surface area contributed by atoms with Gasteiger partial charge in [0.05, 0.1) is 18.6 Å². The Kier molecular flexibility index (Phi) is 12.1. The lowest BCUT2D eigenvalue weighted by atomic mass is 9.68. The van der Waals surface area contributed by atoms with Crippen LogP contribution in [0.1, 0.15) is 109 Å². The van der Waals surface area contributed by atoms with Crippen molar-refractivity contribution in [3.8, 4) is 0 Å². The second-order valence-corrected chi connectivity index (χ2v) is 12.9. The van der Waals surface area contributed by atoms with E-state index in [0.29, 0.717) is 32.0 Å². The van der Waals surface area contributed by atoms with E-state index in [1.165, 1.54) is 38.2 Å². The van der Waals surface area contributed by atoms with Crippen molar-refractivity contribution in [1.82, 2.24) is 0 Å². The van der Waals surface area contributed by atoms with Gasteiger partial charge in [-0.2, -0.15) is 0 Å². The number of hydrogen-bond donors (Lipinski definition) is 0. The van der Waals surface area contributed by atoms with Gasteiger partial charge >= 0.3 is 11.9 Å². The van der Waals surface area contributed by atoms with E-state index in [1.807, 2.05) is 0 Å². The maximum Gasteiger partial charge on any atom is 0.330 e. The van der Waals surface area contributed by atoms with E-state index >= 15 is 4.39 Å². The monoisotopic (exact) mass is 562 g/mol. The first kappa shape index (κ1) is 31.2. The molecule has 4 aliphatic carbocycles. The Morgan fingerprint density at radius 1 is 0.900 bits per heavy atom. The summed E-state index contributed by atoms with van der Waals surface area (Å²) in [5.41, 5.74) is -0.208. The Hall–Kier alpha value is -1.73. The predicted octanol–water partition coefficient (Wildman–Crippen LogP) is 7.61. The smallest absolute Gasteiger partial charge is 0.330 e. The van der Waals surface area contributed by atoms with Gasteiger partial charge in [-0.1, -0.05) is 38.3 Å². The van der Waals surface area contributed by atoms with Crippen molar-refractivity contribution in [2.45, 2.75) is 128 Å². The van der Waals surface area contributed by atoms with E-state index in [9.17, 15) is 9.59 Å². The zero-order chi connectivity index (χ0) is 28.4. The molecule has 6 nitrogen and oxygen atoms in total. The van der Waals surface area contributed by atoms with Crippen LogP contribution in [0.4, 0.5) is 4.39 Å². The van der Waals surface area contributed by atoms with Crippen LogP contribution in [0.5, 0.6) is 0 Å². The van der Waals surface area contributed by atoms with Crippen molar-refractivity contribution in [3.63, 3.8) is 0 Å². The maximum absolute atomic E-state index is 15.3. The molecule has 0 aliphatic heterocycles. The molecule has 4 rings (SSSR count). The van der Waals surface area contributed by atoms with E-state index < -0.39 is 12.3 Å². The Bertz CT molecular complexity index is 831. The first-order chi connectivity index (χ1) is 19.4. The SMILES string of the molecule is C=CCOOC1CCCC12CCC(OC(=O)C1CCC(C3CCC(CCCCOC(=O)C=C)CC3)CC1)C(F)C2. The number of alkyl halides is 1. The standard InChI is InChI=1S/C33H51FO6/c1-3-21-38-40-30-9-7-19-33(30)20-18-29(28(34)23-33)39-32(36)27-16-14-26(15-17-27)25-12-10-24(11-13-25)8-5-6-22-37-31(35)4-2/h3-4,24-30H,1-2,5-23H2. The van der Waals surface area contributed by atoms with Gasteiger partial charge in [0.2, 0.25) is 0 Å². The molecule has 4 aliphatic rings. The lowest BCUT2D eigenvalue weighted by Crippen LogP contribution is -2.45. The van der Waals surface area contributed by atoms with Crippen LogP contribution in [0.2, 0.25) is 0 Å². The van der Waals surface area contributed by atoms with Gasteiger partial charge in [-0.15, -0.1) is 6.58 Å². The summed E-state index contributed by atoms with van der Waals surface area (Å²) >= 11 is 0. The lowest BCUT2D eigenvalue weighted by Gasteiger charge is -2.42. The summed E-state index contributed by atoms with van der Waals surface area (Å²) in [5, 5.41) is 0. The molecule has 7 heteroatoms. The molecule has 40 heavy (non-hydrogen) atoms. The summed E-state index contributed by atoms with van der Waals surface area (Å²) < 4.78 is 26.2. The number of carbonyl (C=O) groups excluding carboxylic acids is 2. The van der Waals surface area contributed by atoms with Crippen LogP contribution in [0, 0.1) is 29.1 Å². The van der Waals surface area contributed by atoms with Crippen LogP contribution in [-0.4, -0.2) is 43.5 Å². The van der Waals surface area contributed by atoms with Crippen LogP contribution in [0.15, 0.2) is 25.3 Å². The fourth-order valence-electron chi connectivity index (χ4n) is 8.10. The molecular weight excluding hydrogens is 511 g/mol. The summed E-state index contributed by atoms with van der Waals surface area (Å²) in [6.45, 7) is 7.87. The average Bonchev–Trinajstić information content (AvgIpc) is 3.35. The molecule has 0 radical (unpaired) electrons. The zero-order valence-electron chi connectivity index (χ0n) is 24.4. The molecule has 4 atom stereocenters. The second-order valence-electron chi connectivity index (χ2n) is 12.9. The number of rotatable bonds is 13. The third-order valence-electron chi connectivity index (χ3n) is 10.5. The number of carbonyl (C=O) groups is 2. The van der Waals surface area contributed by atoms with Crippen molar-refractivity contribution in [3.05, 3.63) is 25.3 Å². The van der Waals surface area contributed by atoms with Crippen LogP contribution < -0.4 is 0 Å². The van der Waals surface area contributed by atoms with Gasteiger partial charge in [0.25, 0.3) is 0 Å². The molecule has 0 saturated heterocycles. The third kappa shape index (κ3) is 8.40. The highest BCUT2D eigenvalue weighted by Crippen LogP contribution is 2.52. The van der Waals surface area contributed by atoms with Crippen molar-refractivity contribution < 1.29 is 33.2 Å². The van der Waals surface area contributed by atoms with Crippen molar-refractivity contribution >= 4 is 11.9 Å². The lowest BCUT2D eigenvalue weighted by molar-refractivity contribution is -0.337. The van der Waals surface area contributed by atoms with Crippen molar-refractivity contribution in [2.24, 2.45) is 29.1 Å². The Labute approximate surface area is 240 Å². The Morgan fingerprint density at radius 3 is 2.30 bits per heavy atom. The molecule has 4 saturated carbocycles. The van der Waals surface area contributed by atoms with Crippen LogP contribution in [0.25, 0.3) is 0 Å². The molecule has 0 amide bonds. The molecule has 0 bridgehead atoms. The van der Waals surface area contributed by atoms with Gasteiger partial charge in [0.1, 0.15) is 18.9 Å². The highest BCUT2D eigenvalue weighted by Gasteiger charge is 2.51. The maximum atomic E-state index is 15.3. The fourth-order valence-corrected chi connectivity index (χ4v) is 8.10. The summed E-state index contributed by atoms with van der Waals surface area (Å²) in [6, 6.07) is 0. The van der Waals surface area contributed by atoms with E-state index in [4.69, 9.17) is 19.2 Å². The van der Waals surface area contributed by atoms with Gasteiger partial charge in [-0.25, -0.2) is 19.0 Å². The third-order valence-corrected chi connectivity index (χ3v) is 10.5. The van der Waals surface area contributed by atoms with Crippen LogP contribution >= 0.6 is 0 Å². The van der Waals surface area contributed by atoms with E-state index in [-0.39, 0.29) is 29.4 Å². The van der Waals surface area contributed by atoms with Gasteiger partial charge < -0.3 is 9.47 Å². The molecular formula is C33H51FO6. The van der Waals surface area contributed by atoms with Gasteiger partial charge in [0, 0.05) is 11.5 Å². The van der Waals surface area contributed by atoms with Gasteiger partial charge in [-0.05, 0) is 101 Å².